The summed E-state index contributed by atoms with van der Waals surface area (Å²) in [6, 6.07) is 11.6. The van der Waals surface area contributed by atoms with Crippen LogP contribution in [0.25, 0.3) is 0 Å². The summed E-state index contributed by atoms with van der Waals surface area (Å²) in [7, 11) is -3.43. The number of sulfonamides is 1. The lowest BCUT2D eigenvalue weighted by molar-refractivity contribution is 0.471. The molecule has 2 atom stereocenters. The zero-order valence-electron chi connectivity index (χ0n) is 12.2. The first-order valence-electron chi connectivity index (χ1n) is 6.85. The third-order valence-corrected chi connectivity index (χ3v) is 7.45. The van der Waals surface area contributed by atoms with Crippen molar-refractivity contribution in [3.8, 4) is 0 Å². The summed E-state index contributed by atoms with van der Waals surface area (Å²) in [5.41, 5.74) is 8.09. The van der Waals surface area contributed by atoms with E-state index in [4.69, 9.17) is 5.73 Å². The summed E-state index contributed by atoms with van der Waals surface area (Å²) in [5.74, 6) is 0.0567. The van der Waals surface area contributed by atoms with Crippen LogP contribution in [0.1, 0.15) is 17.0 Å². The number of nitrogens with two attached hydrogens (primary N) is 1. The molecule has 7 heteroatoms. The van der Waals surface area contributed by atoms with Crippen molar-refractivity contribution < 1.29 is 8.42 Å². The van der Waals surface area contributed by atoms with Crippen LogP contribution >= 0.6 is 23.7 Å². The SMILES string of the molecule is Cc1ccsc1S(=O)(=O)N1C[C@@H](N)[C@H](c2ccccc2)C1.Cl. The second-order valence-corrected chi connectivity index (χ2v) is 8.44. The number of hydrogen-bond donors (Lipinski definition) is 1. The summed E-state index contributed by atoms with van der Waals surface area (Å²) >= 11 is 1.27. The summed E-state index contributed by atoms with van der Waals surface area (Å²) in [5, 5.41) is 1.81. The van der Waals surface area contributed by atoms with Crippen LogP contribution in [-0.2, 0) is 10.0 Å². The van der Waals surface area contributed by atoms with Crippen molar-refractivity contribution in [1.82, 2.24) is 4.31 Å². The fourth-order valence-electron chi connectivity index (χ4n) is 2.78. The van der Waals surface area contributed by atoms with Crippen LogP contribution in [-0.4, -0.2) is 31.9 Å². The second kappa shape index (κ2) is 6.68. The number of thiophene rings is 1. The molecule has 0 amide bonds. The molecule has 0 bridgehead atoms. The molecule has 2 heterocycles. The van der Waals surface area contributed by atoms with Crippen molar-refractivity contribution in [2.75, 3.05) is 13.1 Å². The maximum Gasteiger partial charge on any atom is 0.252 e. The van der Waals surface area contributed by atoms with Gasteiger partial charge in [0.15, 0.2) is 0 Å². The summed E-state index contributed by atoms with van der Waals surface area (Å²) in [6.07, 6.45) is 0. The van der Waals surface area contributed by atoms with Gasteiger partial charge in [0.2, 0.25) is 0 Å². The number of nitrogens with zero attached hydrogens (tertiary/aromatic N) is 1. The summed E-state index contributed by atoms with van der Waals surface area (Å²) in [4.78, 5) is 0. The molecule has 1 aliphatic rings. The molecule has 3 rings (SSSR count). The van der Waals surface area contributed by atoms with Crippen molar-refractivity contribution >= 4 is 33.8 Å². The lowest BCUT2D eigenvalue weighted by atomic mass is 9.95. The molecule has 1 aromatic heterocycles. The number of rotatable bonds is 3. The molecule has 0 saturated carbocycles. The molecule has 0 radical (unpaired) electrons. The van der Waals surface area contributed by atoms with Gasteiger partial charge < -0.3 is 5.73 Å². The van der Waals surface area contributed by atoms with Crippen molar-refractivity contribution in [3.63, 3.8) is 0 Å². The van der Waals surface area contributed by atoms with Gasteiger partial charge in [-0.1, -0.05) is 30.3 Å². The predicted molar refractivity (Wildman–Crippen MR) is 92.2 cm³/mol. The molecule has 2 N–H and O–H groups in total. The van der Waals surface area contributed by atoms with E-state index in [1.165, 1.54) is 15.6 Å². The molecule has 2 aromatic rings. The molecule has 4 nitrogen and oxygen atoms in total. The highest BCUT2D eigenvalue weighted by molar-refractivity contribution is 7.91. The molecule has 0 aliphatic carbocycles. The van der Waals surface area contributed by atoms with E-state index in [1.807, 2.05) is 48.7 Å². The Hall–Kier alpha value is -0.920. The Balaban J connectivity index is 0.00000176. The molecule has 22 heavy (non-hydrogen) atoms. The van der Waals surface area contributed by atoms with E-state index < -0.39 is 10.0 Å². The molecule has 1 saturated heterocycles. The van der Waals surface area contributed by atoms with E-state index in [0.717, 1.165) is 11.1 Å². The minimum Gasteiger partial charge on any atom is -0.326 e. The van der Waals surface area contributed by atoms with Gasteiger partial charge in [-0.3, -0.25) is 0 Å². The van der Waals surface area contributed by atoms with Crippen LogP contribution < -0.4 is 5.73 Å². The molecule has 120 valence electrons. The van der Waals surface area contributed by atoms with E-state index >= 15 is 0 Å². The van der Waals surface area contributed by atoms with Crippen LogP contribution in [0, 0.1) is 6.92 Å². The lowest BCUT2D eigenvalue weighted by Gasteiger charge is -2.16. The zero-order chi connectivity index (χ0) is 15.0. The van der Waals surface area contributed by atoms with Crippen LogP contribution in [0.2, 0.25) is 0 Å². The molecule has 0 unspecified atom stereocenters. The topological polar surface area (TPSA) is 63.4 Å². The van der Waals surface area contributed by atoms with Gasteiger partial charge in [-0.2, -0.15) is 4.31 Å². The number of halogens is 1. The molecule has 1 aromatic carbocycles. The van der Waals surface area contributed by atoms with E-state index in [0.29, 0.717) is 17.3 Å². The first-order chi connectivity index (χ1) is 10.00. The number of hydrogen-bond acceptors (Lipinski definition) is 4. The Bertz CT molecular complexity index is 731. The standard InChI is InChI=1S/C15H18N2O2S2.ClH/c1-11-7-8-20-15(11)21(18,19)17-9-13(14(16)10-17)12-5-3-2-4-6-12;/h2-8,13-14H,9-10,16H2,1H3;1H/t13-,14+;/m0./s1. The van der Waals surface area contributed by atoms with E-state index in [9.17, 15) is 8.42 Å². The highest BCUT2D eigenvalue weighted by atomic mass is 35.5. The molecular formula is C15H19ClN2O2S2. The second-order valence-electron chi connectivity index (χ2n) is 5.39. The van der Waals surface area contributed by atoms with Crippen molar-refractivity contribution in [2.45, 2.75) is 23.1 Å². The minimum absolute atomic E-state index is 0. The quantitative estimate of drug-likeness (QED) is 0.917. The maximum atomic E-state index is 12.7. The van der Waals surface area contributed by atoms with E-state index in [2.05, 4.69) is 0 Å². The zero-order valence-corrected chi connectivity index (χ0v) is 14.6. The first kappa shape index (κ1) is 17.4. The molecular weight excluding hydrogens is 340 g/mol. The number of aryl methyl sites for hydroxylation is 1. The van der Waals surface area contributed by atoms with Crippen molar-refractivity contribution in [2.24, 2.45) is 5.73 Å². The Morgan fingerprint density at radius 3 is 2.45 bits per heavy atom. The van der Waals surface area contributed by atoms with Gasteiger partial charge in [0.05, 0.1) is 0 Å². The van der Waals surface area contributed by atoms with E-state index in [1.54, 1.807) is 0 Å². The Labute approximate surface area is 141 Å². The minimum atomic E-state index is -3.43. The van der Waals surface area contributed by atoms with Gasteiger partial charge in [0.25, 0.3) is 10.0 Å². The van der Waals surface area contributed by atoms with Crippen LogP contribution in [0.15, 0.2) is 46.0 Å². The van der Waals surface area contributed by atoms with Gasteiger partial charge >= 0.3 is 0 Å². The van der Waals surface area contributed by atoms with Gasteiger partial charge in [0, 0.05) is 25.0 Å². The lowest BCUT2D eigenvalue weighted by Crippen LogP contribution is -2.32. The maximum absolute atomic E-state index is 12.7. The highest BCUT2D eigenvalue weighted by Crippen LogP contribution is 2.33. The van der Waals surface area contributed by atoms with Gasteiger partial charge in [0.1, 0.15) is 4.21 Å². The number of benzene rings is 1. The highest BCUT2D eigenvalue weighted by Gasteiger charge is 2.39. The van der Waals surface area contributed by atoms with Crippen LogP contribution in [0.4, 0.5) is 0 Å². The predicted octanol–water partition coefficient (Wildman–Crippen LogP) is 2.59. The largest absolute Gasteiger partial charge is 0.326 e. The van der Waals surface area contributed by atoms with Gasteiger partial charge in [-0.05, 0) is 29.5 Å². The summed E-state index contributed by atoms with van der Waals surface area (Å²) < 4.78 is 27.4. The smallest absolute Gasteiger partial charge is 0.252 e. The average Bonchev–Trinajstić information content (AvgIpc) is 3.06. The monoisotopic (exact) mass is 358 g/mol. The third-order valence-electron chi connectivity index (χ3n) is 3.95. The molecule has 1 fully saturated rings. The van der Waals surface area contributed by atoms with Gasteiger partial charge in [-0.15, -0.1) is 23.7 Å². The van der Waals surface area contributed by atoms with Crippen LogP contribution in [0.3, 0.4) is 0 Å². The molecule has 1 aliphatic heterocycles. The Morgan fingerprint density at radius 2 is 1.86 bits per heavy atom. The Kier molecular flexibility index (Phi) is 5.29. The Morgan fingerprint density at radius 1 is 1.18 bits per heavy atom. The third kappa shape index (κ3) is 3.07. The first-order valence-corrected chi connectivity index (χ1v) is 9.17. The van der Waals surface area contributed by atoms with Crippen molar-refractivity contribution in [3.05, 3.63) is 52.9 Å². The van der Waals surface area contributed by atoms with Crippen LogP contribution in [0.5, 0.6) is 0 Å². The van der Waals surface area contributed by atoms with Gasteiger partial charge in [-0.25, -0.2) is 8.42 Å². The average molecular weight is 359 g/mol. The van der Waals surface area contributed by atoms with Crippen molar-refractivity contribution in [1.29, 1.82) is 0 Å². The molecule has 0 spiro atoms. The fraction of sp³-hybridized carbons (Fsp3) is 0.333. The normalized spacial score (nSPS) is 22.5. The van der Waals surface area contributed by atoms with E-state index in [-0.39, 0.29) is 24.4 Å². The summed E-state index contributed by atoms with van der Waals surface area (Å²) in [6.45, 7) is 2.65. The fourth-order valence-corrected chi connectivity index (χ4v) is 5.83.